The SMILES string of the molecule is CCNC(=NCc1nnc2n1CCCCC2)NCC(C)N1CCOCC1. The zero-order valence-electron chi connectivity index (χ0n) is 16.2. The number of hydrogen-bond acceptors (Lipinski definition) is 5. The fourth-order valence-corrected chi connectivity index (χ4v) is 3.55. The van der Waals surface area contributed by atoms with Gasteiger partial charge in [-0.1, -0.05) is 6.42 Å². The summed E-state index contributed by atoms with van der Waals surface area (Å²) in [5.74, 6) is 2.94. The summed E-state index contributed by atoms with van der Waals surface area (Å²) in [4.78, 5) is 7.20. The lowest BCUT2D eigenvalue weighted by Gasteiger charge is -2.32. The first kappa shape index (κ1) is 19.1. The van der Waals surface area contributed by atoms with Crippen molar-refractivity contribution in [3.63, 3.8) is 0 Å². The van der Waals surface area contributed by atoms with Crippen LogP contribution in [0.2, 0.25) is 0 Å². The highest BCUT2D eigenvalue weighted by atomic mass is 16.5. The van der Waals surface area contributed by atoms with Crippen LogP contribution in [-0.2, 0) is 24.2 Å². The third kappa shape index (κ3) is 5.17. The van der Waals surface area contributed by atoms with Crippen LogP contribution in [0.5, 0.6) is 0 Å². The maximum absolute atomic E-state index is 5.43. The zero-order chi connectivity index (χ0) is 18.2. The summed E-state index contributed by atoms with van der Waals surface area (Å²) in [6.07, 6.45) is 4.73. The van der Waals surface area contributed by atoms with E-state index in [1.54, 1.807) is 0 Å². The van der Waals surface area contributed by atoms with Gasteiger partial charge in [-0.3, -0.25) is 4.90 Å². The van der Waals surface area contributed by atoms with E-state index in [2.05, 4.69) is 44.1 Å². The summed E-state index contributed by atoms with van der Waals surface area (Å²) in [5.41, 5.74) is 0. The van der Waals surface area contributed by atoms with Gasteiger partial charge in [-0.25, -0.2) is 4.99 Å². The molecule has 0 spiro atoms. The second-order valence-electron chi connectivity index (χ2n) is 7.07. The molecule has 26 heavy (non-hydrogen) atoms. The fourth-order valence-electron chi connectivity index (χ4n) is 3.55. The maximum Gasteiger partial charge on any atom is 0.191 e. The minimum absolute atomic E-state index is 0.451. The third-order valence-corrected chi connectivity index (χ3v) is 5.14. The molecule has 1 aromatic heterocycles. The summed E-state index contributed by atoms with van der Waals surface area (Å²) >= 11 is 0. The van der Waals surface area contributed by atoms with Crippen LogP contribution in [0.3, 0.4) is 0 Å². The van der Waals surface area contributed by atoms with Crippen LogP contribution in [0.1, 0.15) is 44.8 Å². The topological polar surface area (TPSA) is 79.6 Å². The molecule has 1 atom stereocenters. The van der Waals surface area contributed by atoms with Gasteiger partial charge in [0.25, 0.3) is 0 Å². The first-order chi connectivity index (χ1) is 12.8. The lowest BCUT2D eigenvalue weighted by molar-refractivity contribution is 0.0211. The number of fused-ring (bicyclic) bond motifs is 1. The Bertz CT molecular complexity index is 580. The van der Waals surface area contributed by atoms with Gasteiger partial charge < -0.3 is 19.9 Å². The first-order valence-electron chi connectivity index (χ1n) is 10.0. The number of guanidine groups is 1. The van der Waals surface area contributed by atoms with Gasteiger partial charge in [0.05, 0.1) is 13.2 Å². The van der Waals surface area contributed by atoms with Crippen molar-refractivity contribution in [3.05, 3.63) is 11.6 Å². The molecule has 1 saturated heterocycles. The van der Waals surface area contributed by atoms with E-state index in [1.165, 1.54) is 19.3 Å². The Morgan fingerprint density at radius 3 is 2.81 bits per heavy atom. The number of hydrogen-bond donors (Lipinski definition) is 2. The van der Waals surface area contributed by atoms with Gasteiger partial charge in [0.2, 0.25) is 0 Å². The summed E-state index contributed by atoms with van der Waals surface area (Å²) in [6.45, 7) is 11.3. The van der Waals surface area contributed by atoms with E-state index in [4.69, 9.17) is 9.73 Å². The smallest absolute Gasteiger partial charge is 0.191 e. The number of nitrogens with zero attached hydrogens (tertiary/aromatic N) is 5. The Balaban J connectivity index is 1.56. The molecule has 0 bridgehead atoms. The second-order valence-corrected chi connectivity index (χ2v) is 7.07. The number of aliphatic imine (C=N–C) groups is 1. The molecule has 3 heterocycles. The van der Waals surface area contributed by atoms with Crippen molar-refractivity contribution in [2.24, 2.45) is 4.99 Å². The van der Waals surface area contributed by atoms with Crippen molar-refractivity contribution in [1.29, 1.82) is 0 Å². The van der Waals surface area contributed by atoms with Gasteiger partial charge in [0, 0.05) is 45.2 Å². The molecular formula is C18H33N7O. The molecule has 0 saturated carbocycles. The van der Waals surface area contributed by atoms with E-state index in [-0.39, 0.29) is 0 Å². The summed E-state index contributed by atoms with van der Waals surface area (Å²) < 4.78 is 7.70. The Hall–Kier alpha value is -1.67. The van der Waals surface area contributed by atoms with Crippen molar-refractivity contribution >= 4 is 5.96 Å². The van der Waals surface area contributed by atoms with Crippen LogP contribution >= 0.6 is 0 Å². The van der Waals surface area contributed by atoms with E-state index in [0.717, 1.165) is 70.0 Å². The van der Waals surface area contributed by atoms with Gasteiger partial charge in [-0.2, -0.15) is 0 Å². The zero-order valence-corrected chi connectivity index (χ0v) is 16.2. The van der Waals surface area contributed by atoms with Crippen LogP contribution in [-0.4, -0.2) is 71.1 Å². The molecule has 8 heteroatoms. The van der Waals surface area contributed by atoms with Crippen molar-refractivity contribution < 1.29 is 4.74 Å². The summed E-state index contributed by atoms with van der Waals surface area (Å²) in [5, 5.41) is 15.5. The molecule has 2 aliphatic rings. The molecule has 1 unspecified atom stereocenters. The average Bonchev–Trinajstić information content (AvgIpc) is 2.90. The molecule has 2 N–H and O–H groups in total. The fraction of sp³-hybridized carbons (Fsp3) is 0.833. The largest absolute Gasteiger partial charge is 0.379 e. The Morgan fingerprint density at radius 1 is 1.15 bits per heavy atom. The molecule has 3 rings (SSSR count). The number of morpholine rings is 1. The molecule has 1 fully saturated rings. The summed E-state index contributed by atoms with van der Waals surface area (Å²) in [6, 6.07) is 0.451. The summed E-state index contributed by atoms with van der Waals surface area (Å²) in [7, 11) is 0. The van der Waals surface area contributed by atoms with Crippen molar-refractivity contribution in [3.8, 4) is 0 Å². The monoisotopic (exact) mass is 363 g/mol. The van der Waals surface area contributed by atoms with Gasteiger partial charge in [-0.15, -0.1) is 10.2 Å². The lowest BCUT2D eigenvalue weighted by Crippen LogP contribution is -2.49. The van der Waals surface area contributed by atoms with E-state index in [9.17, 15) is 0 Å². The number of ether oxygens (including phenoxy) is 1. The lowest BCUT2D eigenvalue weighted by atomic mass is 10.2. The van der Waals surface area contributed by atoms with E-state index < -0.39 is 0 Å². The highest BCUT2D eigenvalue weighted by Crippen LogP contribution is 2.14. The van der Waals surface area contributed by atoms with Gasteiger partial charge in [-0.05, 0) is 26.7 Å². The van der Waals surface area contributed by atoms with Crippen molar-refractivity contribution in [1.82, 2.24) is 30.3 Å². The van der Waals surface area contributed by atoms with E-state index in [0.29, 0.717) is 12.6 Å². The van der Waals surface area contributed by atoms with Gasteiger partial charge in [0.15, 0.2) is 11.8 Å². The molecule has 0 aliphatic carbocycles. The second kappa shape index (κ2) is 9.87. The molecular weight excluding hydrogens is 330 g/mol. The Morgan fingerprint density at radius 2 is 2.00 bits per heavy atom. The van der Waals surface area contributed by atoms with Crippen LogP contribution in [0, 0.1) is 0 Å². The third-order valence-electron chi connectivity index (χ3n) is 5.14. The Labute approximate surface area is 156 Å². The quantitative estimate of drug-likeness (QED) is 0.574. The first-order valence-corrected chi connectivity index (χ1v) is 10.0. The maximum atomic E-state index is 5.43. The average molecular weight is 364 g/mol. The molecule has 2 aliphatic heterocycles. The molecule has 1 aromatic rings. The van der Waals surface area contributed by atoms with Crippen LogP contribution in [0.15, 0.2) is 4.99 Å². The standard InChI is InChI=1S/C18H33N7O/c1-3-19-18(20-13-15(2)24-9-11-26-12-10-24)21-14-17-23-22-16-7-5-4-6-8-25(16)17/h15H,3-14H2,1-2H3,(H2,19,20,21). The van der Waals surface area contributed by atoms with Crippen LogP contribution in [0.4, 0.5) is 0 Å². The molecule has 0 amide bonds. The Kier molecular flexibility index (Phi) is 7.25. The number of aryl methyl sites for hydroxylation is 1. The number of rotatable bonds is 6. The number of nitrogens with one attached hydrogen (secondary N) is 2. The highest BCUT2D eigenvalue weighted by Gasteiger charge is 2.17. The highest BCUT2D eigenvalue weighted by molar-refractivity contribution is 5.79. The van der Waals surface area contributed by atoms with Crippen LogP contribution in [0.25, 0.3) is 0 Å². The number of aromatic nitrogens is 3. The molecule has 8 nitrogen and oxygen atoms in total. The van der Waals surface area contributed by atoms with Crippen molar-refractivity contribution in [2.45, 2.75) is 58.7 Å². The van der Waals surface area contributed by atoms with Gasteiger partial charge >= 0.3 is 0 Å². The van der Waals surface area contributed by atoms with E-state index >= 15 is 0 Å². The molecule has 146 valence electrons. The van der Waals surface area contributed by atoms with Crippen LogP contribution < -0.4 is 10.6 Å². The molecule has 0 aromatic carbocycles. The van der Waals surface area contributed by atoms with Crippen molar-refractivity contribution in [2.75, 3.05) is 39.4 Å². The minimum Gasteiger partial charge on any atom is -0.379 e. The molecule has 0 radical (unpaired) electrons. The predicted molar refractivity (Wildman–Crippen MR) is 102 cm³/mol. The normalized spacial score (nSPS) is 20.3. The predicted octanol–water partition coefficient (Wildman–Crippen LogP) is 0.780. The van der Waals surface area contributed by atoms with E-state index in [1.807, 2.05) is 0 Å². The minimum atomic E-state index is 0.451. The van der Waals surface area contributed by atoms with Gasteiger partial charge in [0.1, 0.15) is 12.4 Å².